The van der Waals surface area contributed by atoms with Gasteiger partial charge >= 0.3 is 5.97 Å². The van der Waals surface area contributed by atoms with E-state index >= 15 is 0 Å². The van der Waals surface area contributed by atoms with Crippen molar-refractivity contribution in [3.63, 3.8) is 0 Å². The summed E-state index contributed by atoms with van der Waals surface area (Å²) in [5.74, 6) is -1.49. The lowest BCUT2D eigenvalue weighted by Crippen LogP contribution is -1.97. The van der Waals surface area contributed by atoms with Gasteiger partial charge in [-0.05, 0) is 36.8 Å². The average Bonchev–Trinajstić information content (AvgIpc) is 2.18. The maximum atomic E-state index is 11.4. The molecule has 15 heavy (non-hydrogen) atoms. The van der Waals surface area contributed by atoms with Crippen LogP contribution in [0.4, 0.5) is 0 Å². The first-order chi connectivity index (χ1) is 7.00. The number of hydrogen-bond acceptors (Lipinski definition) is 2. The molecule has 1 aromatic rings. The standard InChI is InChI=1S/C11H9ClO3/c1-7-6-8(2-3-9(7)12)10(13)4-5-11(14)15/h2-6H,1H3,(H,14,15). The predicted octanol–water partition coefficient (Wildman–Crippen LogP) is 2.47. The molecular weight excluding hydrogens is 216 g/mol. The summed E-state index contributed by atoms with van der Waals surface area (Å²) in [5, 5.41) is 8.93. The van der Waals surface area contributed by atoms with E-state index in [1.807, 2.05) is 0 Å². The summed E-state index contributed by atoms with van der Waals surface area (Å²) in [4.78, 5) is 21.6. The number of carboxylic acids is 1. The highest BCUT2D eigenvalue weighted by Crippen LogP contribution is 2.16. The SMILES string of the molecule is Cc1cc(C(=O)C=CC(=O)O)ccc1Cl. The summed E-state index contributed by atoms with van der Waals surface area (Å²) < 4.78 is 0. The molecule has 0 aliphatic carbocycles. The fraction of sp³-hybridized carbons (Fsp3) is 0.0909. The second-order valence-corrected chi connectivity index (χ2v) is 3.41. The van der Waals surface area contributed by atoms with Gasteiger partial charge in [0.05, 0.1) is 0 Å². The van der Waals surface area contributed by atoms with Gasteiger partial charge in [-0.2, -0.15) is 0 Å². The smallest absolute Gasteiger partial charge is 0.328 e. The van der Waals surface area contributed by atoms with E-state index in [1.165, 1.54) is 0 Å². The van der Waals surface area contributed by atoms with Crippen LogP contribution >= 0.6 is 11.6 Å². The molecule has 0 saturated carbocycles. The van der Waals surface area contributed by atoms with Gasteiger partial charge in [0.25, 0.3) is 0 Å². The Morgan fingerprint density at radius 2 is 2.00 bits per heavy atom. The van der Waals surface area contributed by atoms with E-state index in [0.717, 1.165) is 17.7 Å². The van der Waals surface area contributed by atoms with Crippen LogP contribution in [0.1, 0.15) is 15.9 Å². The molecule has 0 bridgehead atoms. The Morgan fingerprint density at radius 1 is 1.33 bits per heavy atom. The second-order valence-electron chi connectivity index (χ2n) is 3.00. The second kappa shape index (κ2) is 4.75. The number of benzene rings is 1. The minimum absolute atomic E-state index is 0.350. The van der Waals surface area contributed by atoms with Crippen LogP contribution in [0.15, 0.2) is 30.4 Å². The Labute approximate surface area is 92.0 Å². The molecule has 0 aliphatic rings. The van der Waals surface area contributed by atoms with Crippen LogP contribution in [0.3, 0.4) is 0 Å². The Bertz CT molecular complexity index is 435. The van der Waals surface area contributed by atoms with Crippen molar-refractivity contribution in [2.24, 2.45) is 0 Å². The van der Waals surface area contributed by atoms with E-state index in [4.69, 9.17) is 16.7 Å². The Morgan fingerprint density at radius 3 is 2.53 bits per heavy atom. The molecule has 0 radical (unpaired) electrons. The van der Waals surface area contributed by atoms with Crippen LogP contribution in [-0.2, 0) is 4.79 Å². The number of allylic oxidation sites excluding steroid dienone is 1. The van der Waals surface area contributed by atoms with Crippen LogP contribution < -0.4 is 0 Å². The number of hydrogen-bond donors (Lipinski definition) is 1. The molecule has 4 heteroatoms. The maximum Gasteiger partial charge on any atom is 0.328 e. The highest BCUT2D eigenvalue weighted by Gasteiger charge is 2.04. The summed E-state index contributed by atoms with van der Waals surface area (Å²) in [6.07, 6.45) is 1.83. The Hall–Kier alpha value is -1.61. The number of aliphatic carboxylic acids is 1. The van der Waals surface area contributed by atoms with Crippen molar-refractivity contribution >= 4 is 23.4 Å². The van der Waals surface area contributed by atoms with Crippen LogP contribution in [0.2, 0.25) is 5.02 Å². The number of halogens is 1. The summed E-state index contributed by atoms with van der Waals surface area (Å²) in [5.41, 5.74) is 1.21. The van der Waals surface area contributed by atoms with Gasteiger partial charge in [-0.1, -0.05) is 11.6 Å². The minimum atomic E-state index is -1.14. The first-order valence-corrected chi connectivity index (χ1v) is 4.60. The molecule has 0 fully saturated rings. The van der Waals surface area contributed by atoms with Gasteiger partial charge in [-0.25, -0.2) is 4.79 Å². The van der Waals surface area contributed by atoms with Gasteiger partial charge in [-0.15, -0.1) is 0 Å². The normalized spacial score (nSPS) is 10.5. The molecule has 0 atom stereocenters. The van der Waals surface area contributed by atoms with Crippen molar-refractivity contribution in [1.82, 2.24) is 0 Å². The van der Waals surface area contributed by atoms with E-state index in [1.54, 1.807) is 25.1 Å². The summed E-state index contributed by atoms with van der Waals surface area (Å²) in [6, 6.07) is 4.79. The van der Waals surface area contributed by atoms with Gasteiger partial charge in [0, 0.05) is 16.7 Å². The van der Waals surface area contributed by atoms with Gasteiger partial charge < -0.3 is 5.11 Å². The number of carboxylic acid groups (broad SMARTS) is 1. The molecule has 78 valence electrons. The number of carbonyl (C=O) groups is 2. The molecule has 0 amide bonds. The first kappa shape index (κ1) is 11.5. The van der Waals surface area contributed by atoms with E-state index in [2.05, 4.69) is 0 Å². The van der Waals surface area contributed by atoms with Crippen LogP contribution in [0.5, 0.6) is 0 Å². The lowest BCUT2D eigenvalue weighted by Gasteiger charge is -1.99. The zero-order chi connectivity index (χ0) is 11.4. The molecule has 1 rings (SSSR count). The molecule has 0 heterocycles. The monoisotopic (exact) mass is 224 g/mol. The molecule has 0 saturated heterocycles. The topological polar surface area (TPSA) is 54.4 Å². The van der Waals surface area contributed by atoms with Crippen molar-refractivity contribution in [3.05, 3.63) is 46.5 Å². The zero-order valence-corrected chi connectivity index (χ0v) is 8.78. The summed E-state index contributed by atoms with van der Waals surface area (Å²) in [6.45, 7) is 1.78. The third kappa shape index (κ3) is 3.22. The van der Waals surface area contributed by atoms with E-state index in [0.29, 0.717) is 10.6 Å². The zero-order valence-electron chi connectivity index (χ0n) is 8.03. The van der Waals surface area contributed by atoms with Crippen molar-refractivity contribution < 1.29 is 14.7 Å². The van der Waals surface area contributed by atoms with Crippen LogP contribution in [0.25, 0.3) is 0 Å². The molecule has 1 aromatic carbocycles. The molecule has 0 aliphatic heterocycles. The third-order valence-corrected chi connectivity index (χ3v) is 2.24. The average molecular weight is 225 g/mol. The minimum Gasteiger partial charge on any atom is -0.478 e. The lowest BCUT2D eigenvalue weighted by molar-refractivity contribution is -0.131. The molecule has 1 N–H and O–H groups in total. The van der Waals surface area contributed by atoms with Gasteiger partial charge in [0.1, 0.15) is 0 Å². The van der Waals surface area contributed by atoms with Crippen molar-refractivity contribution in [2.75, 3.05) is 0 Å². The largest absolute Gasteiger partial charge is 0.478 e. The Balaban J connectivity index is 2.92. The molecule has 0 spiro atoms. The highest BCUT2D eigenvalue weighted by molar-refractivity contribution is 6.31. The summed E-state index contributed by atoms with van der Waals surface area (Å²) >= 11 is 5.79. The number of rotatable bonds is 3. The fourth-order valence-corrected chi connectivity index (χ4v) is 1.16. The predicted molar refractivity (Wildman–Crippen MR) is 57.3 cm³/mol. The maximum absolute atomic E-state index is 11.4. The summed E-state index contributed by atoms with van der Waals surface area (Å²) in [7, 11) is 0. The van der Waals surface area contributed by atoms with Gasteiger partial charge in [-0.3, -0.25) is 4.79 Å². The molecule has 3 nitrogen and oxygen atoms in total. The van der Waals surface area contributed by atoms with E-state index in [9.17, 15) is 9.59 Å². The van der Waals surface area contributed by atoms with Gasteiger partial charge in [0.15, 0.2) is 5.78 Å². The van der Waals surface area contributed by atoms with Crippen LogP contribution in [-0.4, -0.2) is 16.9 Å². The molecule has 0 aromatic heterocycles. The van der Waals surface area contributed by atoms with Gasteiger partial charge in [0.2, 0.25) is 0 Å². The number of aryl methyl sites for hydroxylation is 1. The third-order valence-electron chi connectivity index (χ3n) is 1.82. The first-order valence-electron chi connectivity index (χ1n) is 4.22. The van der Waals surface area contributed by atoms with E-state index < -0.39 is 5.97 Å². The van der Waals surface area contributed by atoms with Crippen molar-refractivity contribution in [3.8, 4) is 0 Å². The highest BCUT2D eigenvalue weighted by atomic mass is 35.5. The quantitative estimate of drug-likeness (QED) is 0.634. The molecular formula is C11H9ClO3. The Kier molecular flexibility index (Phi) is 3.63. The van der Waals surface area contributed by atoms with Crippen molar-refractivity contribution in [1.29, 1.82) is 0 Å². The number of carbonyl (C=O) groups excluding carboxylic acids is 1. The number of ketones is 1. The van der Waals surface area contributed by atoms with Crippen molar-refractivity contribution in [2.45, 2.75) is 6.92 Å². The molecule has 0 unspecified atom stereocenters. The fourth-order valence-electron chi connectivity index (χ4n) is 1.04. The van der Waals surface area contributed by atoms with Crippen LogP contribution in [0, 0.1) is 6.92 Å². The lowest BCUT2D eigenvalue weighted by atomic mass is 10.1. The van der Waals surface area contributed by atoms with E-state index in [-0.39, 0.29) is 5.78 Å².